The van der Waals surface area contributed by atoms with Crippen molar-refractivity contribution in [3.63, 3.8) is 0 Å². The minimum Gasteiger partial charge on any atom is -0.341 e. The number of piperidine rings is 1. The van der Waals surface area contributed by atoms with Crippen molar-refractivity contribution in [2.45, 2.75) is 25.3 Å². The van der Waals surface area contributed by atoms with E-state index in [2.05, 4.69) is 4.90 Å². The second-order valence-electron chi connectivity index (χ2n) is 4.23. The van der Waals surface area contributed by atoms with Crippen LogP contribution in [0.1, 0.15) is 19.3 Å². The molecule has 1 heterocycles. The number of amides is 1. The highest BCUT2D eigenvalue weighted by molar-refractivity contribution is 5.82. The van der Waals surface area contributed by atoms with Crippen molar-refractivity contribution in [2.24, 2.45) is 5.73 Å². The van der Waals surface area contributed by atoms with Crippen LogP contribution >= 0.6 is 0 Å². The molecule has 0 aromatic heterocycles. The zero-order chi connectivity index (χ0) is 10.6. The van der Waals surface area contributed by atoms with Gasteiger partial charge in [-0.1, -0.05) is 0 Å². The zero-order valence-corrected chi connectivity index (χ0v) is 9.20. The predicted octanol–water partition coefficient (Wildman–Crippen LogP) is -0.112. The topological polar surface area (TPSA) is 49.6 Å². The average molecular weight is 199 g/mol. The average Bonchev–Trinajstić information content (AvgIpc) is 2.12. The lowest BCUT2D eigenvalue weighted by Gasteiger charge is -2.30. The highest BCUT2D eigenvalue weighted by Gasteiger charge is 2.24. The van der Waals surface area contributed by atoms with E-state index in [-0.39, 0.29) is 11.9 Å². The molecule has 0 saturated carbocycles. The van der Waals surface area contributed by atoms with Crippen LogP contribution in [0.3, 0.4) is 0 Å². The first kappa shape index (κ1) is 11.5. The Balaban J connectivity index is 2.25. The third-order valence-corrected chi connectivity index (χ3v) is 2.61. The molecule has 2 N–H and O–H groups in total. The van der Waals surface area contributed by atoms with Crippen LogP contribution in [0, 0.1) is 0 Å². The zero-order valence-electron chi connectivity index (χ0n) is 9.20. The van der Waals surface area contributed by atoms with E-state index < -0.39 is 0 Å². The fraction of sp³-hybridized carbons (Fsp3) is 0.900. The summed E-state index contributed by atoms with van der Waals surface area (Å²) in [4.78, 5) is 15.6. The molecule has 1 unspecified atom stereocenters. The van der Waals surface area contributed by atoms with E-state index in [0.29, 0.717) is 0 Å². The SMILES string of the molecule is CN(C)CCCN1CCCC(N)C1=O. The maximum Gasteiger partial charge on any atom is 0.239 e. The second kappa shape index (κ2) is 5.32. The van der Waals surface area contributed by atoms with E-state index in [4.69, 9.17) is 5.73 Å². The highest BCUT2D eigenvalue weighted by atomic mass is 16.2. The molecule has 1 aliphatic heterocycles. The van der Waals surface area contributed by atoms with Gasteiger partial charge < -0.3 is 15.5 Å². The molecular formula is C10H21N3O. The van der Waals surface area contributed by atoms with Crippen molar-refractivity contribution in [2.75, 3.05) is 33.7 Å². The van der Waals surface area contributed by atoms with Gasteiger partial charge in [0.15, 0.2) is 0 Å². The number of hydrogen-bond donors (Lipinski definition) is 1. The lowest BCUT2D eigenvalue weighted by molar-refractivity contribution is -0.134. The fourth-order valence-electron chi connectivity index (χ4n) is 1.77. The normalized spacial score (nSPS) is 23.3. The molecule has 0 spiro atoms. The Hall–Kier alpha value is -0.610. The van der Waals surface area contributed by atoms with E-state index in [9.17, 15) is 4.79 Å². The molecule has 1 rings (SSSR count). The minimum absolute atomic E-state index is 0.134. The first-order valence-electron chi connectivity index (χ1n) is 5.30. The summed E-state index contributed by atoms with van der Waals surface area (Å²) in [5.74, 6) is 0.134. The quantitative estimate of drug-likeness (QED) is 0.687. The third-order valence-electron chi connectivity index (χ3n) is 2.61. The van der Waals surface area contributed by atoms with Crippen LogP contribution in [0.25, 0.3) is 0 Å². The van der Waals surface area contributed by atoms with Crippen molar-refractivity contribution < 1.29 is 4.79 Å². The van der Waals surface area contributed by atoms with Crippen molar-refractivity contribution in [1.29, 1.82) is 0 Å². The summed E-state index contributed by atoms with van der Waals surface area (Å²) in [5.41, 5.74) is 5.70. The summed E-state index contributed by atoms with van der Waals surface area (Å²) in [5, 5.41) is 0. The number of nitrogens with two attached hydrogens (primary N) is 1. The highest BCUT2D eigenvalue weighted by Crippen LogP contribution is 2.10. The first-order chi connectivity index (χ1) is 6.61. The fourth-order valence-corrected chi connectivity index (χ4v) is 1.77. The van der Waals surface area contributed by atoms with Gasteiger partial charge in [0.05, 0.1) is 6.04 Å². The third kappa shape index (κ3) is 3.27. The maximum absolute atomic E-state index is 11.6. The molecule has 1 aliphatic rings. The van der Waals surface area contributed by atoms with E-state index >= 15 is 0 Å². The van der Waals surface area contributed by atoms with Crippen LogP contribution in [0.4, 0.5) is 0 Å². The molecule has 1 fully saturated rings. The van der Waals surface area contributed by atoms with Crippen LogP contribution < -0.4 is 5.73 Å². The summed E-state index contributed by atoms with van der Waals surface area (Å²) in [6.45, 7) is 2.77. The Morgan fingerprint density at radius 3 is 2.93 bits per heavy atom. The number of rotatable bonds is 4. The van der Waals surface area contributed by atoms with Crippen molar-refractivity contribution in [3.05, 3.63) is 0 Å². The van der Waals surface area contributed by atoms with Gasteiger partial charge in [-0.3, -0.25) is 4.79 Å². The van der Waals surface area contributed by atoms with Crippen LogP contribution in [0.2, 0.25) is 0 Å². The van der Waals surface area contributed by atoms with Gasteiger partial charge in [0.1, 0.15) is 0 Å². The summed E-state index contributed by atoms with van der Waals surface area (Å²) in [6, 6.07) is -0.247. The predicted molar refractivity (Wildman–Crippen MR) is 57.0 cm³/mol. The number of likely N-dealkylation sites (tertiary alicyclic amines) is 1. The number of nitrogens with zero attached hydrogens (tertiary/aromatic N) is 2. The van der Waals surface area contributed by atoms with E-state index in [1.807, 2.05) is 19.0 Å². The van der Waals surface area contributed by atoms with Crippen LogP contribution in [-0.4, -0.2) is 55.5 Å². The van der Waals surface area contributed by atoms with Gasteiger partial charge in [-0.2, -0.15) is 0 Å². The number of carbonyl (C=O) groups is 1. The summed E-state index contributed by atoms with van der Waals surface area (Å²) in [6.07, 6.45) is 2.93. The van der Waals surface area contributed by atoms with Crippen molar-refractivity contribution >= 4 is 5.91 Å². The summed E-state index contributed by atoms with van der Waals surface area (Å²) in [7, 11) is 4.09. The monoisotopic (exact) mass is 199 g/mol. The molecule has 0 aromatic rings. The van der Waals surface area contributed by atoms with E-state index in [1.54, 1.807) is 0 Å². The molecule has 1 saturated heterocycles. The summed E-state index contributed by atoms with van der Waals surface area (Å²) >= 11 is 0. The Labute approximate surface area is 86.0 Å². The first-order valence-corrected chi connectivity index (χ1v) is 5.30. The molecule has 0 aromatic carbocycles. The Bertz CT molecular complexity index is 194. The molecular weight excluding hydrogens is 178 g/mol. The maximum atomic E-state index is 11.6. The van der Waals surface area contributed by atoms with Crippen LogP contribution in [0.5, 0.6) is 0 Å². The standard InChI is InChI=1S/C10H21N3O/c1-12(2)6-4-8-13-7-3-5-9(11)10(13)14/h9H,3-8,11H2,1-2H3. The Morgan fingerprint density at radius 2 is 2.29 bits per heavy atom. The van der Waals surface area contributed by atoms with Gasteiger partial charge in [-0.05, 0) is 39.9 Å². The lowest BCUT2D eigenvalue weighted by Crippen LogP contribution is -2.48. The molecule has 1 atom stereocenters. The van der Waals surface area contributed by atoms with Crippen LogP contribution in [0.15, 0.2) is 0 Å². The van der Waals surface area contributed by atoms with Gasteiger partial charge in [-0.25, -0.2) is 0 Å². The molecule has 82 valence electrons. The van der Waals surface area contributed by atoms with Crippen molar-refractivity contribution in [1.82, 2.24) is 9.80 Å². The van der Waals surface area contributed by atoms with Gasteiger partial charge in [-0.15, -0.1) is 0 Å². The minimum atomic E-state index is -0.247. The molecule has 1 amide bonds. The van der Waals surface area contributed by atoms with Gasteiger partial charge in [0.2, 0.25) is 5.91 Å². The number of hydrogen-bond acceptors (Lipinski definition) is 3. The van der Waals surface area contributed by atoms with E-state index in [0.717, 1.165) is 38.9 Å². The number of carbonyl (C=O) groups excluding carboxylic acids is 1. The molecule has 0 aliphatic carbocycles. The smallest absolute Gasteiger partial charge is 0.239 e. The molecule has 0 radical (unpaired) electrons. The molecule has 0 bridgehead atoms. The largest absolute Gasteiger partial charge is 0.341 e. The van der Waals surface area contributed by atoms with Gasteiger partial charge in [0, 0.05) is 13.1 Å². The van der Waals surface area contributed by atoms with E-state index in [1.165, 1.54) is 0 Å². The van der Waals surface area contributed by atoms with Gasteiger partial charge in [0.25, 0.3) is 0 Å². The second-order valence-corrected chi connectivity index (χ2v) is 4.23. The Morgan fingerprint density at radius 1 is 1.57 bits per heavy atom. The lowest BCUT2D eigenvalue weighted by atomic mass is 10.1. The molecule has 4 heteroatoms. The van der Waals surface area contributed by atoms with Gasteiger partial charge >= 0.3 is 0 Å². The Kier molecular flexibility index (Phi) is 4.35. The van der Waals surface area contributed by atoms with Crippen molar-refractivity contribution in [3.8, 4) is 0 Å². The summed E-state index contributed by atoms with van der Waals surface area (Å²) < 4.78 is 0. The molecule has 4 nitrogen and oxygen atoms in total. The molecule has 14 heavy (non-hydrogen) atoms. The van der Waals surface area contributed by atoms with Crippen LogP contribution in [-0.2, 0) is 4.79 Å².